The van der Waals surface area contributed by atoms with Crippen LogP contribution in [0.4, 0.5) is 0 Å². The molecule has 2 aromatic carbocycles. The molecule has 0 aliphatic rings. The van der Waals surface area contributed by atoms with E-state index < -0.39 is 0 Å². The van der Waals surface area contributed by atoms with Crippen molar-refractivity contribution in [2.24, 2.45) is 0 Å². The van der Waals surface area contributed by atoms with Gasteiger partial charge in [-0.25, -0.2) is 4.98 Å². The lowest BCUT2D eigenvalue weighted by Gasteiger charge is -2.15. The second-order valence-electron chi connectivity index (χ2n) is 7.94. The zero-order chi connectivity index (χ0) is 20.8. The third-order valence-electron chi connectivity index (χ3n) is 5.19. The molecule has 1 amide bonds. The van der Waals surface area contributed by atoms with E-state index in [1.807, 2.05) is 16.7 Å². The highest BCUT2D eigenvalue weighted by Crippen LogP contribution is 2.24. The van der Waals surface area contributed by atoms with Crippen molar-refractivity contribution < 1.29 is 4.79 Å². The molecule has 0 unspecified atom stereocenters. The van der Waals surface area contributed by atoms with Gasteiger partial charge in [-0.05, 0) is 50.5 Å². The molecular formula is C25H31N3O. The fraction of sp³-hybridized carbons (Fsp3) is 0.360. The summed E-state index contributed by atoms with van der Waals surface area (Å²) < 4.78 is 1.85. The van der Waals surface area contributed by atoms with E-state index in [4.69, 9.17) is 0 Å². The highest BCUT2D eigenvalue weighted by atomic mass is 16.2. The number of aromatic nitrogens is 2. The summed E-state index contributed by atoms with van der Waals surface area (Å²) in [5, 5.41) is 3.10. The molecule has 4 nitrogen and oxygen atoms in total. The van der Waals surface area contributed by atoms with Crippen LogP contribution in [0.1, 0.15) is 61.1 Å². The summed E-state index contributed by atoms with van der Waals surface area (Å²) in [5.74, 6) is -0.0788. The number of nitrogens with zero attached hydrogens (tertiary/aromatic N) is 2. The molecular weight excluding hydrogens is 358 g/mol. The summed E-state index contributed by atoms with van der Waals surface area (Å²) in [5.41, 5.74) is 6.37. The third kappa shape index (κ3) is 5.35. The predicted octanol–water partition coefficient (Wildman–Crippen LogP) is 5.85. The maximum atomic E-state index is 12.7. The Kier molecular flexibility index (Phi) is 6.86. The standard InChI is InChI=1S/C25H31N3O/c1-5-6-7-8-20(4)27-25(29)24-16-26-17-28(24)23-11-9-21(10-12-23)22-14-18(2)13-19(3)15-22/h9-17,20H,5-8H2,1-4H3,(H,27,29)/t20-/m0/s1. The summed E-state index contributed by atoms with van der Waals surface area (Å²) in [6.45, 7) is 8.48. The van der Waals surface area contributed by atoms with Gasteiger partial charge in [-0.1, -0.05) is 67.6 Å². The molecule has 4 heteroatoms. The van der Waals surface area contributed by atoms with Crippen LogP contribution in [0.2, 0.25) is 0 Å². The van der Waals surface area contributed by atoms with Gasteiger partial charge in [-0.3, -0.25) is 9.36 Å². The number of hydrogen-bond acceptors (Lipinski definition) is 2. The van der Waals surface area contributed by atoms with Crippen LogP contribution in [-0.2, 0) is 0 Å². The van der Waals surface area contributed by atoms with Crippen molar-refractivity contribution >= 4 is 5.91 Å². The largest absolute Gasteiger partial charge is 0.348 e. The topological polar surface area (TPSA) is 46.9 Å². The highest BCUT2D eigenvalue weighted by molar-refractivity contribution is 5.93. The second-order valence-corrected chi connectivity index (χ2v) is 7.94. The molecule has 1 atom stereocenters. The maximum absolute atomic E-state index is 12.7. The molecule has 29 heavy (non-hydrogen) atoms. The van der Waals surface area contributed by atoms with Gasteiger partial charge in [0.2, 0.25) is 0 Å². The van der Waals surface area contributed by atoms with E-state index in [-0.39, 0.29) is 11.9 Å². The number of carbonyl (C=O) groups is 1. The van der Waals surface area contributed by atoms with Gasteiger partial charge in [0.15, 0.2) is 0 Å². The molecule has 0 saturated carbocycles. The number of hydrogen-bond donors (Lipinski definition) is 1. The Morgan fingerprint density at radius 2 is 1.72 bits per heavy atom. The average molecular weight is 390 g/mol. The zero-order valence-electron chi connectivity index (χ0n) is 17.9. The van der Waals surface area contributed by atoms with Gasteiger partial charge in [0.1, 0.15) is 5.69 Å². The summed E-state index contributed by atoms with van der Waals surface area (Å²) >= 11 is 0. The molecule has 152 valence electrons. The van der Waals surface area contributed by atoms with Gasteiger partial charge in [-0.2, -0.15) is 0 Å². The van der Waals surface area contributed by atoms with Crippen molar-refractivity contribution in [1.82, 2.24) is 14.9 Å². The van der Waals surface area contributed by atoms with Crippen LogP contribution in [0, 0.1) is 13.8 Å². The molecule has 0 fully saturated rings. The number of amides is 1. The summed E-state index contributed by atoms with van der Waals surface area (Å²) in [6, 6.07) is 15.0. The smallest absolute Gasteiger partial charge is 0.270 e. The normalized spacial score (nSPS) is 12.0. The lowest BCUT2D eigenvalue weighted by Crippen LogP contribution is -2.33. The first kappa shape index (κ1) is 20.8. The van der Waals surface area contributed by atoms with E-state index >= 15 is 0 Å². The number of aryl methyl sites for hydroxylation is 2. The minimum Gasteiger partial charge on any atom is -0.348 e. The van der Waals surface area contributed by atoms with Crippen LogP contribution < -0.4 is 5.32 Å². The number of nitrogens with one attached hydrogen (secondary N) is 1. The molecule has 1 aromatic heterocycles. The minimum atomic E-state index is -0.0788. The van der Waals surface area contributed by atoms with E-state index in [2.05, 4.69) is 68.3 Å². The summed E-state index contributed by atoms with van der Waals surface area (Å²) in [7, 11) is 0. The second kappa shape index (κ2) is 9.55. The van der Waals surface area contributed by atoms with E-state index in [0.29, 0.717) is 5.69 Å². The summed E-state index contributed by atoms with van der Waals surface area (Å²) in [4.78, 5) is 16.9. The monoisotopic (exact) mass is 389 g/mol. The molecule has 3 aromatic rings. The van der Waals surface area contributed by atoms with Crippen molar-refractivity contribution in [3.8, 4) is 16.8 Å². The summed E-state index contributed by atoms with van der Waals surface area (Å²) in [6.07, 6.45) is 7.85. The Morgan fingerprint density at radius 1 is 1.03 bits per heavy atom. The van der Waals surface area contributed by atoms with Gasteiger partial charge in [0.25, 0.3) is 5.91 Å². The Hall–Kier alpha value is -2.88. The number of rotatable bonds is 8. The Labute approximate surface area is 174 Å². The molecule has 3 rings (SSSR count). The average Bonchev–Trinajstić information content (AvgIpc) is 3.17. The quantitative estimate of drug-likeness (QED) is 0.491. The van der Waals surface area contributed by atoms with Gasteiger partial charge in [0, 0.05) is 11.7 Å². The van der Waals surface area contributed by atoms with Gasteiger partial charge in [0.05, 0.1) is 12.5 Å². The predicted molar refractivity (Wildman–Crippen MR) is 120 cm³/mol. The van der Waals surface area contributed by atoms with Crippen molar-refractivity contribution in [3.63, 3.8) is 0 Å². The maximum Gasteiger partial charge on any atom is 0.270 e. The van der Waals surface area contributed by atoms with Crippen LogP contribution in [0.3, 0.4) is 0 Å². The van der Waals surface area contributed by atoms with Crippen LogP contribution in [0.15, 0.2) is 55.0 Å². The van der Waals surface area contributed by atoms with Crippen LogP contribution in [0.25, 0.3) is 16.8 Å². The van der Waals surface area contributed by atoms with E-state index in [1.54, 1.807) is 12.5 Å². The molecule has 0 spiro atoms. The molecule has 0 aliphatic heterocycles. The molecule has 0 bridgehead atoms. The van der Waals surface area contributed by atoms with Crippen molar-refractivity contribution in [2.75, 3.05) is 0 Å². The highest BCUT2D eigenvalue weighted by Gasteiger charge is 2.15. The molecule has 1 N–H and O–H groups in total. The fourth-order valence-electron chi connectivity index (χ4n) is 3.70. The number of unbranched alkanes of at least 4 members (excludes halogenated alkanes) is 2. The minimum absolute atomic E-state index is 0.0788. The SMILES string of the molecule is CCCCC[C@H](C)NC(=O)c1cncn1-c1ccc(-c2cc(C)cc(C)c2)cc1. The van der Waals surface area contributed by atoms with Gasteiger partial charge >= 0.3 is 0 Å². The molecule has 0 saturated heterocycles. The first-order chi connectivity index (χ1) is 14.0. The first-order valence-electron chi connectivity index (χ1n) is 10.5. The number of benzene rings is 2. The lowest BCUT2D eigenvalue weighted by atomic mass is 10.0. The first-order valence-corrected chi connectivity index (χ1v) is 10.5. The molecule has 0 radical (unpaired) electrons. The van der Waals surface area contributed by atoms with Gasteiger partial charge in [-0.15, -0.1) is 0 Å². The van der Waals surface area contributed by atoms with Crippen molar-refractivity contribution in [3.05, 3.63) is 71.8 Å². The lowest BCUT2D eigenvalue weighted by molar-refractivity contribution is 0.0931. The third-order valence-corrected chi connectivity index (χ3v) is 5.19. The van der Waals surface area contributed by atoms with E-state index in [0.717, 1.165) is 24.1 Å². The van der Waals surface area contributed by atoms with Crippen molar-refractivity contribution in [1.29, 1.82) is 0 Å². The molecule has 0 aliphatic carbocycles. The zero-order valence-corrected chi connectivity index (χ0v) is 17.9. The van der Waals surface area contributed by atoms with Gasteiger partial charge < -0.3 is 5.32 Å². The number of carbonyl (C=O) groups excluding carboxylic acids is 1. The number of imidazole rings is 1. The van der Waals surface area contributed by atoms with Crippen LogP contribution >= 0.6 is 0 Å². The Bertz CT molecular complexity index is 936. The van der Waals surface area contributed by atoms with E-state index in [9.17, 15) is 4.79 Å². The van der Waals surface area contributed by atoms with Crippen LogP contribution in [0.5, 0.6) is 0 Å². The van der Waals surface area contributed by atoms with E-state index in [1.165, 1.54) is 29.5 Å². The van der Waals surface area contributed by atoms with Crippen LogP contribution in [-0.4, -0.2) is 21.5 Å². The molecule has 1 heterocycles. The Morgan fingerprint density at radius 3 is 2.38 bits per heavy atom. The van der Waals surface area contributed by atoms with Crippen molar-refractivity contribution in [2.45, 2.75) is 59.4 Å². The Balaban J connectivity index is 1.75. The fourth-order valence-corrected chi connectivity index (χ4v) is 3.70.